The molecule has 1 saturated heterocycles. The second-order valence-electron chi connectivity index (χ2n) is 13.5. The Morgan fingerprint density at radius 3 is 2.73 bits per heavy atom. The number of ether oxygens (including phenoxy) is 2. The van der Waals surface area contributed by atoms with Gasteiger partial charge in [0.1, 0.15) is 11.7 Å². The van der Waals surface area contributed by atoms with Gasteiger partial charge in [-0.2, -0.15) is 9.49 Å². The van der Waals surface area contributed by atoms with Gasteiger partial charge in [-0.15, -0.1) is 0 Å². The first-order chi connectivity index (χ1) is 21.0. The molecule has 0 aromatic carbocycles. The lowest BCUT2D eigenvalue weighted by atomic mass is 9.44. The highest BCUT2D eigenvalue weighted by Crippen LogP contribution is 2.71. The van der Waals surface area contributed by atoms with Gasteiger partial charge in [0.25, 0.3) is 0 Å². The zero-order valence-electron chi connectivity index (χ0n) is 24.7. The fourth-order valence-electron chi connectivity index (χ4n) is 9.43. The number of allylic oxidation sites excluding steroid dienone is 1. The highest BCUT2D eigenvalue weighted by molar-refractivity contribution is 8.13. The Morgan fingerprint density at radius 1 is 1.20 bits per heavy atom. The molecule has 2 aromatic heterocycles. The highest BCUT2D eigenvalue weighted by Gasteiger charge is 2.76. The molecule has 0 radical (unpaired) electrons. The van der Waals surface area contributed by atoms with Crippen LogP contribution in [0.5, 0.6) is 0 Å². The summed E-state index contributed by atoms with van der Waals surface area (Å²) in [5.74, 6) is -2.66. The van der Waals surface area contributed by atoms with Crippen molar-refractivity contribution in [3.63, 3.8) is 0 Å². The van der Waals surface area contributed by atoms with E-state index in [2.05, 4.69) is 10.1 Å². The number of rotatable bonds is 5. The van der Waals surface area contributed by atoms with Gasteiger partial charge in [-0.25, -0.2) is 18.4 Å². The molecule has 236 valence electrons. The van der Waals surface area contributed by atoms with E-state index in [1.165, 1.54) is 12.3 Å². The molecule has 3 heterocycles. The molecule has 0 amide bonds. The van der Waals surface area contributed by atoms with Crippen LogP contribution in [-0.4, -0.2) is 67.5 Å². The van der Waals surface area contributed by atoms with E-state index in [0.29, 0.717) is 56.2 Å². The lowest BCUT2D eigenvalue weighted by molar-refractivity contribution is -0.229. The molecule has 2 aromatic rings. The van der Waals surface area contributed by atoms with Crippen LogP contribution in [0.4, 0.5) is 13.2 Å². The minimum Gasteiger partial charge on any atom is -0.449 e. The van der Waals surface area contributed by atoms with Gasteiger partial charge in [0, 0.05) is 23.4 Å². The molecule has 0 spiro atoms. The van der Waals surface area contributed by atoms with E-state index in [4.69, 9.17) is 9.47 Å². The van der Waals surface area contributed by atoms with Crippen LogP contribution in [0.3, 0.4) is 0 Å². The maximum Gasteiger partial charge on any atom is 0.312 e. The first-order valence-electron chi connectivity index (χ1n) is 15.3. The molecule has 1 aliphatic heterocycles. The molecule has 5 aliphatic rings. The number of esters is 1. The Hall–Kier alpha value is -2.70. The normalized spacial score (nSPS) is 39.1. The van der Waals surface area contributed by atoms with Crippen molar-refractivity contribution >= 4 is 28.9 Å². The lowest BCUT2D eigenvalue weighted by Crippen LogP contribution is -2.70. The van der Waals surface area contributed by atoms with Gasteiger partial charge in [-0.05, 0) is 86.4 Å². The second-order valence-corrected chi connectivity index (χ2v) is 14.4. The standard InChI is InChI=1S/C32H36F3N3O5S/c1-29-12-19-14-37-38(21-4-6-26(34)36-15-21)24(19)11-20(29)3-5-23-22-7-9-31(28(41)44-17-33,43-27(40)18-8-10-42-16-18)30(22,2)13-25(39)32(23,29)35/h4,6,11,14-15,18,22-23,25,39H,3,5,7-10,12-13,16-17H2,1-2H3/t18-,22-,23-,25-,29-,30-,31-,32-/m0/s1. The zero-order chi connectivity index (χ0) is 31.1. The van der Waals surface area contributed by atoms with Crippen LogP contribution in [0, 0.1) is 34.5 Å². The fraction of sp³-hybridized carbons (Fsp3) is 0.625. The number of carbonyl (C=O) groups is 2. The number of aliphatic hydroxyl groups excluding tert-OH is 1. The summed E-state index contributed by atoms with van der Waals surface area (Å²) < 4.78 is 58.3. The van der Waals surface area contributed by atoms with Crippen LogP contribution in [0.2, 0.25) is 0 Å². The predicted octanol–water partition coefficient (Wildman–Crippen LogP) is 5.16. The molecule has 12 heteroatoms. The molecule has 44 heavy (non-hydrogen) atoms. The van der Waals surface area contributed by atoms with Crippen LogP contribution in [0.1, 0.15) is 63.6 Å². The molecule has 0 unspecified atom stereocenters. The van der Waals surface area contributed by atoms with Crippen LogP contribution >= 0.6 is 11.8 Å². The number of carbonyl (C=O) groups excluding carboxylic acids is 2. The first kappa shape index (κ1) is 30.0. The predicted molar refractivity (Wildman–Crippen MR) is 155 cm³/mol. The first-order valence-corrected chi connectivity index (χ1v) is 16.3. The summed E-state index contributed by atoms with van der Waals surface area (Å²) in [7, 11) is 0. The fourth-order valence-corrected chi connectivity index (χ4v) is 10.1. The van der Waals surface area contributed by atoms with Crippen molar-refractivity contribution in [1.29, 1.82) is 0 Å². The maximum absolute atomic E-state index is 18.1. The second kappa shape index (κ2) is 10.4. The van der Waals surface area contributed by atoms with Gasteiger partial charge < -0.3 is 14.6 Å². The SMILES string of the molecule is C[C@]12Cc3cnn(-c4ccc(F)nc4)c3C=C1CC[C@H]1[C@@H]3CC[C@](OC(=O)[C@H]4CCOC4)(C(=O)SCF)[C@@]3(C)C[C@H](O)[C@@]12F. The Labute approximate surface area is 257 Å². The average molecular weight is 632 g/mol. The van der Waals surface area contributed by atoms with Gasteiger partial charge in [0.2, 0.25) is 11.1 Å². The molecule has 8 nitrogen and oxygen atoms in total. The minimum absolute atomic E-state index is 0.103. The third kappa shape index (κ3) is 3.98. The van der Waals surface area contributed by atoms with Crippen molar-refractivity contribution in [1.82, 2.24) is 14.8 Å². The molecule has 7 rings (SSSR count). The van der Waals surface area contributed by atoms with E-state index in [9.17, 15) is 23.5 Å². The minimum atomic E-state index is -2.03. The van der Waals surface area contributed by atoms with E-state index in [1.807, 2.05) is 19.9 Å². The number of fused-ring (bicyclic) bond motifs is 6. The summed E-state index contributed by atoms with van der Waals surface area (Å²) in [5, 5.41) is 15.8. The zero-order valence-corrected chi connectivity index (χ0v) is 25.5. The molecule has 3 saturated carbocycles. The lowest BCUT2D eigenvalue weighted by Gasteiger charge is -2.63. The molecule has 0 bridgehead atoms. The number of halogens is 3. The number of hydrogen-bond acceptors (Lipinski definition) is 8. The smallest absolute Gasteiger partial charge is 0.312 e. The molecule has 4 aliphatic carbocycles. The van der Waals surface area contributed by atoms with E-state index in [1.54, 1.807) is 16.9 Å². The van der Waals surface area contributed by atoms with Crippen LogP contribution < -0.4 is 0 Å². The third-order valence-corrected chi connectivity index (χ3v) is 12.4. The largest absolute Gasteiger partial charge is 0.449 e. The summed E-state index contributed by atoms with van der Waals surface area (Å²) in [6.45, 7) is 4.29. The van der Waals surface area contributed by atoms with Gasteiger partial charge >= 0.3 is 5.97 Å². The van der Waals surface area contributed by atoms with E-state index >= 15 is 4.39 Å². The van der Waals surface area contributed by atoms with Gasteiger partial charge in [0.05, 0.1) is 42.4 Å². The van der Waals surface area contributed by atoms with Crippen molar-refractivity contribution in [2.24, 2.45) is 28.6 Å². The number of pyridine rings is 1. The monoisotopic (exact) mass is 631 g/mol. The molecular weight excluding hydrogens is 595 g/mol. The Bertz CT molecular complexity index is 1530. The number of aromatic nitrogens is 3. The molecule has 8 atom stereocenters. The number of nitrogens with zero attached hydrogens (tertiary/aromatic N) is 3. The van der Waals surface area contributed by atoms with Gasteiger partial charge in [0.15, 0.2) is 5.60 Å². The summed E-state index contributed by atoms with van der Waals surface area (Å²) in [4.78, 5) is 30.7. The Balaban J connectivity index is 1.25. The van der Waals surface area contributed by atoms with Gasteiger partial charge in [-0.3, -0.25) is 9.59 Å². The topological polar surface area (TPSA) is 104 Å². The highest BCUT2D eigenvalue weighted by atomic mass is 32.2. The van der Waals surface area contributed by atoms with Crippen molar-refractivity contribution in [2.45, 2.75) is 76.2 Å². The van der Waals surface area contributed by atoms with Crippen molar-refractivity contribution < 1.29 is 37.3 Å². The number of thioether (sulfide) groups is 1. The summed E-state index contributed by atoms with van der Waals surface area (Å²) in [5.41, 5.74) is -2.81. The van der Waals surface area contributed by atoms with E-state index < -0.39 is 63.1 Å². The number of hydrogen-bond donors (Lipinski definition) is 1. The van der Waals surface area contributed by atoms with Crippen molar-refractivity contribution in [3.05, 3.63) is 47.3 Å². The Kier molecular flexibility index (Phi) is 7.10. The average Bonchev–Trinajstić information content (AvgIpc) is 3.73. The van der Waals surface area contributed by atoms with Crippen LogP contribution in [0.15, 0.2) is 30.1 Å². The van der Waals surface area contributed by atoms with E-state index in [-0.39, 0.29) is 25.4 Å². The van der Waals surface area contributed by atoms with Crippen LogP contribution in [-0.2, 0) is 25.5 Å². The molecule has 4 fully saturated rings. The van der Waals surface area contributed by atoms with Gasteiger partial charge in [-0.1, -0.05) is 19.4 Å². The summed E-state index contributed by atoms with van der Waals surface area (Å²) in [6, 6.07) is 1.88. The molecule has 1 N–H and O–H groups in total. The van der Waals surface area contributed by atoms with Crippen molar-refractivity contribution in [3.8, 4) is 5.69 Å². The van der Waals surface area contributed by atoms with Crippen LogP contribution in [0.25, 0.3) is 11.8 Å². The van der Waals surface area contributed by atoms with E-state index in [0.717, 1.165) is 16.8 Å². The number of aliphatic hydroxyl groups is 1. The van der Waals surface area contributed by atoms with Crippen molar-refractivity contribution in [2.75, 3.05) is 19.2 Å². The Morgan fingerprint density at radius 2 is 2.02 bits per heavy atom. The molecular formula is C32H36F3N3O5S. The summed E-state index contributed by atoms with van der Waals surface area (Å²) >= 11 is 0.474. The quantitative estimate of drug-likeness (QED) is 0.357. The summed E-state index contributed by atoms with van der Waals surface area (Å²) in [6.07, 6.45) is 5.81. The third-order valence-electron chi connectivity index (χ3n) is 11.7. The number of alkyl halides is 2. The maximum atomic E-state index is 18.1.